The standard InChI is InChI=1S/C17H30N2O/c1-6-10-18-16(7-2)17-9-8-15(12-19-17)20-14(5)11-13(3)4/h8-9,12-14,16,18H,6-7,10-11H2,1-5H3. The summed E-state index contributed by atoms with van der Waals surface area (Å²) in [6.07, 6.45) is 5.35. The molecule has 2 unspecified atom stereocenters. The Labute approximate surface area is 124 Å². The van der Waals surface area contributed by atoms with Crippen LogP contribution in [-0.4, -0.2) is 17.6 Å². The highest BCUT2D eigenvalue weighted by atomic mass is 16.5. The minimum absolute atomic E-state index is 0.239. The van der Waals surface area contributed by atoms with Crippen LogP contribution in [0.4, 0.5) is 0 Å². The summed E-state index contributed by atoms with van der Waals surface area (Å²) < 4.78 is 5.89. The fourth-order valence-corrected chi connectivity index (χ4v) is 2.39. The number of nitrogens with one attached hydrogen (secondary N) is 1. The van der Waals surface area contributed by atoms with Gasteiger partial charge in [0.2, 0.25) is 0 Å². The second-order valence-corrected chi connectivity index (χ2v) is 5.89. The summed E-state index contributed by atoms with van der Waals surface area (Å²) in [5.41, 5.74) is 1.10. The molecule has 1 N–H and O–H groups in total. The van der Waals surface area contributed by atoms with Crippen molar-refractivity contribution in [3.63, 3.8) is 0 Å². The van der Waals surface area contributed by atoms with Gasteiger partial charge in [-0.2, -0.15) is 0 Å². The Morgan fingerprint density at radius 1 is 1.20 bits per heavy atom. The number of ether oxygens (including phenoxy) is 1. The lowest BCUT2D eigenvalue weighted by Crippen LogP contribution is -2.22. The Balaban J connectivity index is 2.58. The lowest BCUT2D eigenvalue weighted by molar-refractivity contribution is 0.192. The summed E-state index contributed by atoms with van der Waals surface area (Å²) in [6.45, 7) is 11.9. The first kappa shape index (κ1) is 17.0. The molecule has 0 spiro atoms. The SMILES string of the molecule is CCCNC(CC)c1ccc(OC(C)CC(C)C)cn1. The summed E-state index contributed by atoms with van der Waals surface area (Å²) in [6, 6.07) is 4.46. The van der Waals surface area contributed by atoms with Gasteiger partial charge in [0, 0.05) is 6.04 Å². The molecule has 0 aliphatic heterocycles. The molecule has 0 radical (unpaired) electrons. The molecule has 0 aliphatic rings. The van der Waals surface area contributed by atoms with Gasteiger partial charge in [-0.15, -0.1) is 0 Å². The highest BCUT2D eigenvalue weighted by Crippen LogP contribution is 2.19. The summed E-state index contributed by atoms with van der Waals surface area (Å²) in [4.78, 5) is 4.55. The molecule has 0 saturated carbocycles. The van der Waals surface area contributed by atoms with E-state index in [4.69, 9.17) is 4.74 Å². The van der Waals surface area contributed by atoms with Crippen molar-refractivity contribution in [1.82, 2.24) is 10.3 Å². The predicted molar refractivity (Wildman–Crippen MR) is 85.1 cm³/mol. The zero-order valence-corrected chi connectivity index (χ0v) is 13.6. The molecule has 0 fully saturated rings. The van der Waals surface area contributed by atoms with Crippen LogP contribution in [0.3, 0.4) is 0 Å². The molecule has 0 aliphatic carbocycles. The first-order chi connectivity index (χ1) is 9.56. The molecular formula is C17H30N2O. The quantitative estimate of drug-likeness (QED) is 0.729. The van der Waals surface area contributed by atoms with E-state index in [0.29, 0.717) is 12.0 Å². The number of aromatic nitrogens is 1. The molecule has 2 atom stereocenters. The third-order valence-corrected chi connectivity index (χ3v) is 3.31. The van der Waals surface area contributed by atoms with E-state index in [1.165, 1.54) is 0 Å². The number of rotatable bonds is 9. The molecule has 0 amide bonds. The molecule has 20 heavy (non-hydrogen) atoms. The largest absolute Gasteiger partial charge is 0.489 e. The molecule has 1 rings (SSSR count). The van der Waals surface area contributed by atoms with Crippen LogP contribution in [0, 0.1) is 5.92 Å². The first-order valence-corrected chi connectivity index (χ1v) is 7.92. The predicted octanol–water partition coefficient (Wildman–Crippen LogP) is 4.35. The second-order valence-electron chi connectivity index (χ2n) is 5.89. The lowest BCUT2D eigenvalue weighted by Gasteiger charge is -2.18. The normalized spacial score (nSPS) is 14.3. The summed E-state index contributed by atoms with van der Waals surface area (Å²) in [5.74, 6) is 1.52. The highest BCUT2D eigenvalue weighted by molar-refractivity contribution is 5.21. The molecule has 1 heterocycles. The van der Waals surface area contributed by atoms with Crippen LogP contribution in [0.2, 0.25) is 0 Å². The van der Waals surface area contributed by atoms with Crippen molar-refractivity contribution in [3.8, 4) is 5.75 Å². The van der Waals surface area contributed by atoms with Gasteiger partial charge in [0.15, 0.2) is 0 Å². The van der Waals surface area contributed by atoms with Gasteiger partial charge in [-0.1, -0.05) is 27.7 Å². The van der Waals surface area contributed by atoms with E-state index >= 15 is 0 Å². The smallest absolute Gasteiger partial charge is 0.138 e. The molecule has 3 heteroatoms. The number of nitrogens with zero attached hydrogens (tertiary/aromatic N) is 1. The average molecular weight is 278 g/mol. The number of hydrogen-bond acceptors (Lipinski definition) is 3. The van der Waals surface area contributed by atoms with Gasteiger partial charge in [0.1, 0.15) is 5.75 Å². The van der Waals surface area contributed by atoms with Gasteiger partial charge in [0.05, 0.1) is 18.0 Å². The molecule has 0 aromatic carbocycles. The average Bonchev–Trinajstić information content (AvgIpc) is 2.40. The van der Waals surface area contributed by atoms with Crippen LogP contribution in [0.15, 0.2) is 18.3 Å². The minimum Gasteiger partial charge on any atom is -0.489 e. The fourth-order valence-electron chi connectivity index (χ4n) is 2.39. The summed E-state index contributed by atoms with van der Waals surface area (Å²) in [7, 11) is 0. The van der Waals surface area contributed by atoms with Crippen LogP contribution in [0.25, 0.3) is 0 Å². The van der Waals surface area contributed by atoms with Crippen molar-refractivity contribution in [2.24, 2.45) is 5.92 Å². The van der Waals surface area contributed by atoms with Crippen molar-refractivity contribution in [1.29, 1.82) is 0 Å². The Morgan fingerprint density at radius 3 is 2.45 bits per heavy atom. The van der Waals surface area contributed by atoms with E-state index in [1.807, 2.05) is 12.3 Å². The Kier molecular flexibility index (Phi) is 7.60. The number of hydrogen-bond donors (Lipinski definition) is 1. The van der Waals surface area contributed by atoms with Crippen molar-refractivity contribution >= 4 is 0 Å². The van der Waals surface area contributed by atoms with E-state index in [9.17, 15) is 0 Å². The zero-order chi connectivity index (χ0) is 15.0. The van der Waals surface area contributed by atoms with Gasteiger partial charge in [0.25, 0.3) is 0 Å². The molecular weight excluding hydrogens is 248 g/mol. The van der Waals surface area contributed by atoms with E-state index in [1.54, 1.807) is 0 Å². The maximum Gasteiger partial charge on any atom is 0.138 e. The summed E-state index contributed by atoms with van der Waals surface area (Å²) in [5, 5.41) is 3.52. The van der Waals surface area contributed by atoms with Crippen molar-refractivity contribution < 1.29 is 4.74 Å². The van der Waals surface area contributed by atoms with E-state index in [2.05, 4.69) is 51.0 Å². The minimum atomic E-state index is 0.239. The summed E-state index contributed by atoms with van der Waals surface area (Å²) >= 11 is 0. The van der Waals surface area contributed by atoms with Gasteiger partial charge in [-0.25, -0.2) is 0 Å². The first-order valence-electron chi connectivity index (χ1n) is 7.92. The van der Waals surface area contributed by atoms with E-state index in [0.717, 1.165) is 37.3 Å². The molecule has 114 valence electrons. The molecule has 0 bridgehead atoms. The van der Waals surface area contributed by atoms with Crippen LogP contribution in [0.1, 0.15) is 65.6 Å². The lowest BCUT2D eigenvalue weighted by atomic mass is 10.1. The fraction of sp³-hybridized carbons (Fsp3) is 0.706. The molecule has 3 nitrogen and oxygen atoms in total. The monoisotopic (exact) mass is 278 g/mol. The maximum absolute atomic E-state index is 5.89. The third kappa shape index (κ3) is 5.91. The Morgan fingerprint density at radius 2 is 1.95 bits per heavy atom. The van der Waals surface area contributed by atoms with Crippen molar-refractivity contribution in [2.45, 2.75) is 66.0 Å². The van der Waals surface area contributed by atoms with Crippen LogP contribution in [-0.2, 0) is 0 Å². The highest BCUT2D eigenvalue weighted by Gasteiger charge is 2.11. The van der Waals surface area contributed by atoms with Crippen LogP contribution in [0.5, 0.6) is 5.75 Å². The third-order valence-electron chi connectivity index (χ3n) is 3.31. The van der Waals surface area contributed by atoms with Crippen LogP contribution < -0.4 is 10.1 Å². The van der Waals surface area contributed by atoms with Gasteiger partial charge in [-0.05, 0) is 50.8 Å². The Hall–Kier alpha value is -1.09. The maximum atomic E-state index is 5.89. The second kappa shape index (κ2) is 8.96. The Bertz CT molecular complexity index is 362. The molecule has 1 aromatic heterocycles. The van der Waals surface area contributed by atoms with Gasteiger partial charge in [-0.3, -0.25) is 4.98 Å². The molecule has 1 aromatic rings. The topological polar surface area (TPSA) is 34.1 Å². The van der Waals surface area contributed by atoms with E-state index in [-0.39, 0.29) is 6.10 Å². The van der Waals surface area contributed by atoms with Crippen LogP contribution >= 0.6 is 0 Å². The van der Waals surface area contributed by atoms with Crippen molar-refractivity contribution in [2.75, 3.05) is 6.54 Å². The van der Waals surface area contributed by atoms with E-state index < -0.39 is 0 Å². The number of pyridine rings is 1. The zero-order valence-electron chi connectivity index (χ0n) is 13.6. The van der Waals surface area contributed by atoms with Crippen molar-refractivity contribution in [3.05, 3.63) is 24.0 Å². The molecule has 0 saturated heterocycles. The van der Waals surface area contributed by atoms with Gasteiger partial charge < -0.3 is 10.1 Å². The van der Waals surface area contributed by atoms with Gasteiger partial charge >= 0.3 is 0 Å².